The Morgan fingerprint density at radius 2 is 2.03 bits per heavy atom. The molecule has 1 aromatic carbocycles. The van der Waals surface area contributed by atoms with Crippen molar-refractivity contribution in [2.75, 3.05) is 25.0 Å². The van der Waals surface area contributed by atoms with Crippen molar-refractivity contribution >= 4 is 42.6 Å². The lowest BCUT2D eigenvalue weighted by molar-refractivity contribution is -0.120. The molecular formula is C20H25N5O4S2. The lowest BCUT2D eigenvalue weighted by Gasteiger charge is -2.29. The summed E-state index contributed by atoms with van der Waals surface area (Å²) in [5.74, 6) is 1.02. The van der Waals surface area contributed by atoms with E-state index in [-0.39, 0.29) is 29.9 Å². The van der Waals surface area contributed by atoms with Gasteiger partial charge in [0.15, 0.2) is 10.2 Å². The number of sulfonamides is 1. The van der Waals surface area contributed by atoms with Crippen LogP contribution in [-0.4, -0.2) is 52.9 Å². The van der Waals surface area contributed by atoms with Crippen LogP contribution in [-0.2, 0) is 21.9 Å². The summed E-state index contributed by atoms with van der Waals surface area (Å²) in [5.41, 5.74) is 0.801. The Morgan fingerprint density at radius 1 is 1.29 bits per heavy atom. The third-order valence-corrected chi connectivity index (χ3v) is 8.12. The molecule has 1 amide bonds. The molecule has 31 heavy (non-hydrogen) atoms. The lowest BCUT2D eigenvalue weighted by atomic mass is 9.97. The van der Waals surface area contributed by atoms with Gasteiger partial charge in [-0.25, -0.2) is 18.4 Å². The zero-order valence-corrected chi connectivity index (χ0v) is 19.3. The van der Waals surface area contributed by atoms with Crippen LogP contribution in [0.4, 0.5) is 5.13 Å². The van der Waals surface area contributed by atoms with Crippen molar-refractivity contribution in [3.05, 3.63) is 30.2 Å². The standard InChI is InChI=1S/C20H25N5O4S2/c1-4-29-15-5-6-16-17(11-15)30-20(22-16)23-19(26)14-7-9-25(10-8-14)31(27,28)18-12-24(3)13(2)21-18/h5-6,11-12,14H,4,7-10H2,1-3H3,(H,22,23,26). The number of fused-ring (bicyclic) bond motifs is 1. The smallest absolute Gasteiger partial charge is 0.262 e. The molecule has 2 aromatic heterocycles. The number of aryl methyl sites for hydroxylation is 2. The molecule has 0 spiro atoms. The summed E-state index contributed by atoms with van der Waals surface area (Å²) in [7, 11) is -1.89. The molecule has 166 valence electrons. The molecule has 0 aliphatic carbocycles. The third-order valence-electron chi connectivity index (χ3n) is 5.42. The number of carbonyl (C=O) groups excluding carboxylic acids is 1. The molecule has 11 heteroatoms. The first-order chi connectivity index (χ1) is 14.8. The number of ether oxygens (including phenoxy) is 1. The Kier molecular flexibility index (Phi) is 6.00. The second-order valence-corrected chi connectivity index (χ2v) is 10.4. The van der Waals surface area contributed by atoms with Crippen molar-refractivity contribution in [3.8, 4) is 5.75 Å². The number of nitrogens with zero attached hydrogens (tertiary/aromatic N) is 4. The summed E-state index contributed by atoms with van der Waals surface area (Å²) in [6, 6.07) is 5.64. The SMILES string of the molecule is CCOc1ccc2nc(NC(=O)C3CCN(S(=O)(=O)c4cn(C)c(C)n4)CC3)sc2c1. The van der Waals surface area contributed by atoms with Crippen molar-refractivity contribution in [2.24, 2.45) is 13.0 Å². The number of thiazole rings is 1. The van der Waals surface area contributed by atoms with Crippen molar-refractivity contribution in [1.82, 2.24) is 18.8 Å². The van der Waals surface area contributed by atoms with Crippen molar-refractivity contribution in [1.29, 1.82) is 0 Å². The highest BCUT2D eigenvalue weighted by atomic mass is 32.2. The quantitative estimate of drug-likeness (QED) is 0.602. The molecule has 1 aliphatic rings. The minimum atomic E-state index is -3.65. The Labute approximate surface area is 185 Å². The van der Waals surface area contributed by atoms with Crippen molar-refractivity contribution in [3.63, 3.8) is 0 Å². The van der Waals surface area contributed by atoms with Gasteiger partial charge in [-0.1, -0.05) is 11.3 Å². The van der Waals surface area contributed by atoms with E-state index in [1.54, 1.807) is 18.5 Å². The zero-order valence-electron chi connectivity index (χ0n) is 17.7. The van der Waals surface area contributed by atoms with Crippen LogP contribution in [0.25, 0.3) is 10.2 Å². The molecule has 0 unspecified atom stereocenters. The second-order valence-electron chi connectivity index (χ2n) is 7.49. The molecule has 0 saturated carbocycles. The number of carbonyl (C=O) groups is 1. The van der Waals surface area contributed by atoms with Crippen LogP contribution in [0.5, 0.6) is 5.75 Å². The Morgan fingerprint density at radius 3 is 2.68 bits per heavy atom. The van der Waals surface area contributed by atoms with E-state index in [2.05, 4.69) is 15.3 Å². The fraction of sp³-hybridized carbons (Fsp3) is 0.450. The summed E-state index contributed by atoms with van der Waals surface area (Å²) in [6.45, 7) is 4.84. The predicted octanol–water partition coefficient (Wildman–Crippen LogP) is 2.78. The van der Waals surface area contributed by atoms with Crippen LogP contribution in [0.2, 0.25) is 0 Å². The maximum Gasteiger partial charge on any atom is 0.262 e. The average molecular weight is 464 g/mol. The number of hydrogen-bond acceptors (Lipinski definition) is 7. The number of piperidine rings is 1. The summed E-state index contributed by atoms with van der Waals surface area (Å²) in [4.78, 5) is 21.3. The van der Waals surface area contributed by atoms with E-state index in [1.165, 1.54) is 21.8 Å². The lowest BCUT2D eigenvalue weighted by Crippen LogP contribution is -2.41. The van der Waals surface area contributed by atoms with Gasteiger partial charge in [-0.05, 0) is 44.9 Å². The van der Waals surface area contributed by atoms with Gasteiger partial charge in [-0.2, -0.15) is 4.31 Å². The highest BCUT2D eigenvalue weighted by Gasteiger charge is 2.33. The van der Waals surface area contributed by atoms with Gasteiger partial charge in [0.05, 0.1) is 16.8 Å². The number of hydrogen-bond donors (Lipinski definition) is 1. The van der Waals surface area contributed by atoms with Crippen LogP contribution in [0, 0.1) is 12.8 Å². The van der Waals surface area contributed by atoms with Crippen molar-refractivity contribution in [2.45, 2.75) is 31.7 Å². The first-order valence-electron chi connectivity index (χ1n) is 10.1. The molecule has 1 N–H and O–H groups in total. The normalized spacial score (nSPS) is 16.0. The first-order valence-corrected chi connectivity index (χ1v) is 12.4. The number of amides is 1. The van der Waals surface area contributed by atoms with Gasteiger partial charge in [0, 0.05) is 32.3 Å². The number of imidazole rings is 1. The number of anilines is 1. The summed E-state index contributed by atoms with van der Waals surface area (Å²) in [6.07, 6.45) is 2.43. The van der Waals surface area contributed by atoms with Gasteiger partial charge >= 0.3 is 0 Å². The molecule has 9 nitrogen and oxygen atoms in total. The van der Waals surface area contributed by atoms with E-state index in [9.17, 15) is 13.2 Å². The van der Waals surface area contributed by atoms with Gasteiger partial charge in [-0.15, -0.1) is 0 Å². The van der Waals surface area contributed by atoms with Crippen LogP contribution in [0.15, 0.2) is 29.4 Å². The van der Waals surface area contributed by atoms with Crippen LogP contribution in [0.3, 0.4) is 0 Å². The van der Waals surface area contributed by atoms with E-state index in [4.69, 9.17) is 4.74 Å². The van der Waals surface area contributed by atoms with Crippen LogP contribution < -0.4 is 10.1 Å². The summed E-state index contributed by atoms with van der Waals surface area (Å²) in [5, 5.41) is 3.48. The Hall–Kier alpha value is -2.50. The summed E-state index contributed by atoms with van der Waals surface area (Å²) < 4.78 is 35.2. The monoisotopic (exact) mass is 463 g/mol. The number of aromatic nitrogens is 3. The van der Waals surface area contributed by atoms with Gasteiger partial charge < -0.3 is 14.6 Å². The van der Waals surface area contributed by atoms with E-state index < -0.39 is 10.0 Å². The highest BCUT2D eigenvalue weighted by Crippen LogP contribution is 2.30. The molecule has 4 rings (SSSR count). The maximum atomic E-state index is 12.8. The molecule has 3 aromatic rings. The largest absolute Gasteiger partial charge is 0.494 e. The molecule has 0 radical (unpaired) electrons. The zero-order chi connectivity index (χ0) is 22.2. The van der Waals surface area contributed by atoms with E-state index >= 15 is 0 Å². The minimum Gasteiger partial charge on any atom is -0.494 e. The average Bonchev–Trinajstić information content (AvgIpc) is 3.30. The summed E-state index contributed by atoms with van der Waals surface area (Å²) >= 11 is 1.40. The van der Waals surface area contributed by atoms with Gasteiger partial charge in [0.2, 0.25) is 5.91 Å². The number of benzene rings is 1. The first kappa shape index (κ1) is 21.7. The van der Waals surface area contributed by atoms with Gasteiger partial charge in [0.25, 0.3) is 10.0 Å². The molecule has 1 fully saturated rings. The molecule has 1 saturated heterocycles. The van der Waals surface area contributed by atoms with E-state index in [1.807, 2.05) is 25.1 Å². The van der Waals surface area contributed by atoms with E-state index in [0.29, 0.717) is 30.4 Å². The van der Waals surface area contributed by atoms with Gasteiger partial charge in [0.1, 0.15) is 11.6 Å². The molecular weight excluding hydrogens is 438 g/mol. The Balaban J connectivity index is 1.38. The highest BCUT2D eigenvalue weighted by molar-refractivity contribution is 7.89. The molecule has 0 bridgehead atoms. The van der Waals surface area contributed by atoms with Crippen LogP contribution in [0.1, 0.15) is 25.6 Å². The second kappa shape index (κ2) is 8.56. The molecule has 0 atom stereocenters. The van der Waals surface area contributed by atoms with Gasteiger partial charge in [-0.3, -0.25) is 4.79 Å². The molecule has 3 heterocycles. The van der Waals surface area contributed by atoms with Crippen LogP contribution >= 0.6 is 11.3 Å². The topological polar surface area (TPSA) is 106 Å². The molecule has 1 aliphatic heterocycles. The third kappa shape index (κ3) is 4.43. The van der Waals surface area contributed by atoms with E-state index in [0.717, 1.165) is 16.0 Å². The fourth-order valence-electron chi connectivity index (χ4n) is 3.56. The fourth-order valence-corrected chi connectivity index (χ4v) is 5.96. The number of rotatable bonds is 6. The van der Waals surface area contributed by atoms with Crippen molar-refractivity contribution < 1.29 is 17.9 Å². The minimum absolute atomic E-state index is 0.0521. The Bertz CT molecular complexity index is 1190. The number of nitrogens with one attached hydrogen (secondary N) is 1. The maximum absolute atomic E-state index is 12.8. The predicted molar refractivity (Wildman–Crippen MR) is 119 cm³/mol.